The molecule has 1 aliphatic carbocycles. The number of hydrogen-bond acceptors (Lipinski definition) is 3. The van der Waals surface area contributed by atoms with E-state index in [1.807, 2.05) is 18.2 Å². The number of nitrogens with one attached hydrogen (secondary N) is 1. The molecule has 3 rings (SSSR count). The van der Waals surface area contributed by atoms with Gasteiger partial charge in [-0.2, -0.15) is 0 Å². The van der Waals surface area contributed by atoms with Crippen LogP contribution in [0.5, 0.6) is 0 Å². The maximum absolute atomic E-state index is 12.8. The molecule has 0 aromatic heterocycles. The molecule has 23 heavy (non-hydrogen) atoms. The number of hydrogen-bond donors (Lipinski definition) is 2. The van der Waals surface area contributed by atoms with Gasteiger partial charge in [-0.15, -0.1) is 0 Å². The van der Waals surface area contributed by atoms with Crippen molar-refractivity contribution in [2.24, 2.45) is 0 Å². The van der Waals surface area contributed by atoms with E-state index >= 15 is 0 Å². The molecular weight excluding hydrogens is 292 g/mol. The van der Waals surface area contributed by atoms with E-state index in [1.54, 1.807) is 12.0 Å². The molecule has 0 unspecified atom stereocenters. The lowest BCUT2D eigenvalue weighted by Gasteiger charge is -2.39. The Labute approximate surface area is 137 Å². The predicted octanol–water partition coefficient (Wildman–Crippen LogP) is 2.25. The van der Waals surface area contributed by atoms with E-state index in [4.69, 9.17) is 4.74 Å². The third kappa shape index (κ3) is 3.35. The van der Waals surface area contributed by atoms with Crippen LogP contribution in [0.4, 0.5) is 4.79 Å². The van der Waals surface area contributed by atoms with Crippen molar-refractivity contribution in [2.45, 2.75) is 50.3 Å². The topological polar surface area (TPSA) is 61.8 Å². The lowest BCUT2D eigenvalue weighted by molar-refractivity contribution is 0.0406. The minimum Gasteiger partial charge on any atom is -0.394 e. The molecule has 1 aromatic rings. The molecule has 1 heterocycles. The molecule has 0 bridgehead atoms. The van der Waals surface area contributed by atoms with Gasteiger partial charge >= 0.3 is 6.03 Å². The Morgan fingerprint density at radius 2 is 2.13 bits per heavy atom. The van der Waals surface area contributed by atoms with Gasteiger partial charge in [0.05, 0.1) is 24.8 Å². The van der Waals surface area contributed by atoms with Crippen LogP contribution in [0.3, 0.4) is 0 Å². The highest BCUT2D eigenvalue weighted by atomic mass is 16.5. The lowest BCUT2D eigenvalue weighted by atomic mass is 9.91. The molecule has 3 atom stereocenters. The number of carbonyl (C=O) groups is 1. The predicted molar refractivity (Wildman–Crippen MR) is 88.3 cm³/mol. The maximum atomic E-state index is 12.8. The van der Waals surface area contributed by atoms with Crippen LogP contribution in [0, 0.1) is 0 Å². The minimum absolute atomic E-state index is 0.0528. The molecule has 1 fully saturated rings. The van der Waals surface area contributed by atoms with Gasteiger partial charge in [0.25, 0.3) is 0 Å². The number of rotatable bonds is 3. The van der Waals surface area contributed by atoms with E-state index in [2.05, 4.69) is 11.4 Å². The molecule has 5 nitrogen and oxygen atoms in total. The van der Waals surface area contributed by atoms with E-state index in [0.29, 0.717) is 6.54 Å². The van der Waals surface area contributed by atoms with Crippen molar-refractivity contribution in [2.75, 3.05) is 20.3 Å². The Balaban J connectivity index is 1.72. The van der Waals surface area contributed by atoms with Crippen molar-refractivity contribution < 1.29 is 14.6 Å². The van der Waals surface area contributed by atoms with Crippen LogP contribution in [0.15, 0.2) is 24.3 Å². The first-order valence-electron chi connectivity index (χ1n) is 8.53. The number of carbonyl (C=O) groups excluding carboxylic acids is 1. The van der Waals surface area contributed by atoms with Gasteiger partial charge in [-0.3, -0.25) is 0 Å². The molecule has 2 N–H and O–H groups in total. The quantitative estimate of drug-likeness (QED) is 0.898. The largest absolute Gasteiger partial charge is 0.394 e. The molecule has 0 spiro atoms. The monoisotopic (exact) mass is 318 g/mol. The highest BCUT2D eigenvalue weighted by Gasteiger charge is 2.33. The maximum Gasteiger partial charge on any atom is 0.318 e. The summed E-state index contributed by atoms with van der Waals surface area (Å²) in [7, 11) is 1.71. The minimum atomic E-state index is -0.260. The first-order valence-corrected chi connectivity index (χ1v) is 8.53. The number of urea groups is 1. The van der Waals surface area contributed by atoms with Gasteiger partial charge in [-0.05, 0) is 30.4 Å². The van der Waals surface area contributed by atoms with Crippen molar-refractivity contribution in [1.82, 2.24) is 10.2 Å². The fraction of sp³-hybridized carbons (Fsp3) is 0.611. The fourth-order valence-corrected chi connectivity index (χ4v) is 3.88. The summed E-state index contributed by atoms with van der Waals surface area (Å²) in [5.41, 5.74) is 2.28. The Kier molecular flexibility index (Phi) is 5.18. The number of methoxy groups -OCH3 is 1. The zero-order valence-electron chi connectivity index (χ0n) is 13.7. The number of aliphatic hydroxyl groups excluding tert-OH is 1. The molecule has 1 saturated carbocycles. The highest BCUT2D eigenvalue weighted by Crippen LogP contribution is 2.30. The van der Waals surface area contributed by atoms with Crippen LogP contribution in [-0.4, -0.2) is 48.4 Å². The van der Waals surface area contributed by atoms with Crippen molar-refractivity contribution in [3.63, 3.8) is 0 Å². The third-order valence-electron chi connectivity index (χ3n) is 5.16. The summed E-state index contributed by atoms with van der Waals surface area (Å²) >= 11 is 0. The Morgan fingerprint density at radius 3 is 2.91 bits per heavy atom. The SMILES string of the molecule is CO[C@@H]1CCCC[C@@H]1NC(=O)N1CCc2ccccc2[C@H]1CO. The van der Waals surface area contributed by atoms with E-state index in [9.17, 15) is 9.90 Å². The van der Waals surface area contributed by atoms with Crippen LogP contribution in [0.2, 0.25) is 0 Å². The highest BCUT2D eigenvalue weighted by molar-refractivity contribution is 5.75. The average Bonchev–Trinajstić information content (AvgIpc) is 2.61. The van der Waals surface area contributed by atoms with Gasteiger partial charge in [0.1, 0.15) is 0 Å². The number of nitrogens with zero attached hydrogens (tertiary/aromatic N) is 1. The molecule has 126 valence electrons. The van der Waals surface area contributed by atoms with Gasteiger partial charge in [0.15, 0.2) is 0 Å². The van der Waals surface area contributed by atoms with Gasteiger partial charge < -0.3 is 20.1 Å². The van der Waals surface area contributed by atoms with E-state index in [-0.39, 0.29) is 30.8 Å². The lowest BCUT2D eigenvalue weighted by Crippen LogP contribution is -2.53. The van der Waals surface area contributed by atoms with Gasteiger partial charge in [-0.25, -0.2) is 4.79 Å². The standard InChI is InChI=1S/C18H26N2O3/c1-23-17-9-5-4-8-15(17)19-18(22)20-11-10-13-6-2-3-7-14(13)16(20)12-21/h2-3,6-7,15-17,21H,4-5,8-12H2,1H3,(H,19,22)/t15-,16+,17+/m0/s1. The molecule has 2 aliphatic rings. The van der Waals surface area contributed by atoms with E-state index < -0.39 is 0 Å². The summed E-state index contributed by atoms with van der Waals surface area (Å²) in [4.78, 5) is 14.5. The Bertz CT molecular complexity index is 549. The fourth-order valence-electron chi connectivity index (χ4n) is 3.88. The average molecular weight is 318 g/mol. The second-order valence-corrected chi connectivity index (χ2v) is 6.46. The molecule has 0 saturated heterocycles. The number of benzene rings is 1. The Morgan fingerprint density at radius 1 is 1.35 bits per heavy atom. The molecule has 5 heteroatoms. The second kappa shape index (κ2) is 7.32. The van der Waals surface area contributed by atoms with E-state index in [0.717, 1.165) is 37.7 Å². The molecule has 1 aromatic carbocycles. The normalized spacial score (nSPS) is 27.4. The zero-order valence-corrected chi connectivity index (χ0v) is 13.7. The van der Waals surface area contributed by atoms with Crippen LogP contribution in [0.1, 0.15) is 42.9 Å². The first kappa shape index (κ1) is 16.3. The Hall–Kier alpha value is -1.59. The van der Waals surface area contributed by atoms with Gasteiger partial charge in [0.2, 0.25) is 0 Å². The zero-order chi connectivity index (χ0) is 16.2. The molecule has 1 aliphatic heterocycles. The van der Waals surface area contributed by atoms with Crippen LogP contribution in [-0.2, 0) is 11.2 Å². The first-order chi connectivity index (χ1) is 11.2. The molecular formula is C18H26N2O3. The van der Waals surface area contributed by atoms with Crippen molar-refractivity contribution in [1.29, 1.82) is 0 Å². The summed E-state index contributed by atoms with van der Waals surface area (Å²) in [6, 6.07) is 7.78. The summed E-state index contributed by atoms with van der Waals surface area (Å²) in [6.45, 7) is 0.585. The number of ether oxygens (including phenoxy) is 1. The summed E-state index contributed by atoms with van der Waals surface area (Å²) < 4.78 is 5.52. The van der Waals surface area contributed by atoms with Crippen molar-refractivity contribution >= 4 is 6.03 Å². The molecule has 2 amide bonds. The van der Waals surface area contributed by atoms with Crippen LogP contribution < -0.4 is 5.32 Å². The van der Waals surface area contributed by atoms with Crippen molar-refractivity contribution in [3.8, 4) is 0 Å². The summed E-state index contributed by atoms with van der Waals surface area (Å²) in [5, 5.41) is 13.0. The third-order valence-corrected chi connectivity index (χ3v) is 5.16. The summed E-state index contributed by atoms with van der Waals surface area (Å²) in [5.74, 6) is 0. The molecule has 0 radical (unpaired) electrons. The van der Waals surface area contributed by atoms with Crippen molar-refractivity contribution in [3.05, 3.63) is 35.4 Å². The number of fused-ring (bicyclic) bond motifs is 1. The van der Waals surface area contributed by atoms with Gasteiger partial charge in [0, 0.05) is 13.7 Å². The smallest absolute Gasteiger partial charge is 0.318 e. The second-order valence-electron chi connectivity index (χ2n) is 6.46. The summed E-state index contributed by atoms with van der Waals surface area (Å²) in [6.07, 6.45) is 5.15. The van der Waals surface area contributed by atoms with Crippen LogP contribution in [0.25, 0.3) is 0 Å². The van der Waals surface area contributed by atoms with E-state index in [1.165, 1.54) is 5.56 Å². The van der Waals surface area contributed by atoms with Crippen LogP contribution >= 0.6 is 0 Å². The number of amides is 2. The van der Waals surface area contributed by atoms with Gasteiger partial charge in [-0.1, -0.05) is 37.1 Å². The number of aliphatic hydroxyl groups is 1.